The molecular formula is C18H15ClO4. The van der Waals surface area contributed by atoms with Crippen LogP contribution >= 0.6 is 11.6 Å². The number of carbonyl (C=O) groups is 1. The van der Waals surface area contributed by atoms with Gasteiger partial charge in [0, 0.05) is 12.0 Å². The predicted molar refractivity (Wildman–Crippen MR) is 88.5 cm³/mol. The van der Waals surface area contributed by atoms with Crippen molar-refractivity contribution >= 4 is 23.5 Å². The van der Waals surface area contributed by atoms with Crippen molar-refractivity contribution in [2.45, 2.75) is 6.42 Å². The van der Waals surface area contributed by atoms with Gasteiger partial charge < -0.3 is 14.6 Å². The molecule has 0 amide bonds. The van der Waals surface area contributed by atoms with Crippen LogP contribution in [-0.2, 0) is 0 Å². The van der Waals surface area contributed by atoms with E-state index >= 15 is 0 Å². The maximum atomic E-state index is 12.1. The summed E-state index contributed by atoms with van der Waals surface area (Å²) in [6, 6.07) is 9.73. The van der Waals surface area contributed by atoms with Gasteiger partial charge in [0.25, 0.3) is 0 Å². The third-order valence-corrected chi connectivity index (χ3v) is 3.66. The Morgan fingerprint density at radius 3 is 2.83 bits per heavy atom. The Morgan fingerprint density at radius 2 is 2.00 bits per heavy atom. The molecule has 3 rings (SSSR count). The van der Waals surface area contributed by atoms with Gasteiger partial charge in [0.15, 0.2) is 17.3 Å². The van der Waals surface area contributed by atoms with Crippen LogP contribution in [0, 0.1) is 0 Å². The molecule has 4 nitrogen and oxygen atoms in total. The monoisotopic (exact) mass is 330 g/mol. The van der Waals surface area contributed by atoms with E-state index in [1.54, 1.807) is 30.3 Å². The standard InChI is InChI=1S/C18H15ClO4/c19-15-9-12(10-17-18(15)23-8-2-7-22-17)5-6-16(21)13-3-1-4-14(20)11-13/h1,3-6,9-11,20H,2,7-8H2/b6-5+. The van der Waals surface area contributed by atoms with E-state index in [-0.39, 0.29) is 11.5 Å². The molecule has 0 saturated heterocycles. The van der Waals surface area contributed by atoms with Crippen molar-refractivity contribution in [3.63, 3.8) is 0 Å². The number of ketones is 1. The second-order valence-corrected chi connectivity index (χ2v) is 5.54. The second kappa shape index (κ2) is 6.75. The summed E-state index contributed by atoms with van der Waals surface area (Å²) in [6.45, 7) is 1.14. The summed E-state index contributed by atoms with van der Waals surface area (Å²) < 4.78 is 11.2. The van der Waals surface area contributed by atoms with Gasteiger partial charge in [-0.15, -0.1) is 0 Å². The number of carbonyl (C=O) groups excluding carboxylic acids is 1. The highest BCUT2D eigenvalue weighted by Crippen LogP contribution is 2.38. The van der Waals surface area contributed by atoms with Gasteiger partial charge in [0.1, 0.15) is 5.75 Å². The Bertz CT molecular complexity index is 768. The first-order valence-corrected chi connectivity index (χ1v) is 7.62. The van der Waals surface area contributed by atoms with Crippen molar-refractivity contribution in [2.24, 2.45) is 0 Å². The molecule has 0 aromatic heterocycles. The fourth-order valence-electron chi connectivity index (χ4n) is 2.27. The van der Waals surface area contributed by atoms with E-state index < -0.39 is 0 Å². The van der Waals surface area contributed by atoms with Crippen LogP contribution in [0.25, 0.3) is 6.08 Å². The van der Waals surface area contributed by atoms with E-state index in [9.17, 15) is 9.90 Å². The first-order valence-electron chi connectivity index (χ1n) is 7.24. The number of aromatic hydroxyl groups is 1. The predicted octanol–water partition coefficient (Wildman–Crippen LogP) is 4.10. The average Bonchev–Trinajstić information content (AvgIpc) is 2.78. The number of phenolic OH excluding ortho intramolecular Hbond substituents is 1. The van der Waals surface area contributed by atoms with Crippen LogP contribution in [0.2, 0.25) is 5.02 Å². The Hall–Kier alpha value is -2.46. The largest absolute Gasteiger partial charge is 0.508 e. The summed E-state index contributed by atoms with van der Waals surface area (Å²) in [6.07, 6.45) is 3.89. The molecule has 1 heterocycles. The van der Waals surface area contributed by atoms with Gasteiger partial charge in [-0.25, -0.2) is 0 Å². The van der Waals surface area contributed by atoms with E-state index in [4.69, 9.17) is 21.1 Å². The zero-order chi connectivity index (χ0) is 16.2. The van der Waals surface area contributed by atoms with Gasteiger partial charge >= 0.3 is 0 Å². The number of benzene rings is 2. The van der Waals surface area contributed by atoms with Crippen LogP contribution < -0.4 is 9.47 Å². The van der Waals surface area contributed by atoms with Crippen molar-refractivity contribution in [1.82, 2.24) is 0 Å². The summed E-state index contributed by atoms with van der Waals surface area (Å²) in [5, 5.41) is 9.87. The van der Waals surface area contributed by atoms with Crippen molar-refractivity contribution < 1.29 is 19.4 Å². The number of halogens is 1. The summed E-state index contributed by atoms with van der Waals surface area (Å²) in [7, 11) is 0. The fraction of sp³-hybridized carbons (Fsp3) is 0.167. The maximum absolute atomic E-state index is 12.1. The third-order valence-electron chi connectivity index (χ3n) is 3.38. The van der Waals surface area contributed by atoms with E-state index in [1.807, 2.05) is 0 Å². The lowest BCUT2D eigenvalue weighted by Gasteiger charge is -2.09. The Labute approximate surface area is 138 Å². The van der Waals surface area contributed by atoms with Crippen LogP contribution in [0.1, 0.15) is 22.3 Å². The van der Waals surface area contributed by atoms with Gasteiger partial charge in [0.2, 0.25) is 0 Å². The Kier molecular flexibility index (Phi) is 4.53. The molecular weight excluding hydrogens is 316 g/mol. The summed E-state index contributed by atoms with van der Waals surface area (Å²) >= 11 is 6.22. The minimum absolute atomic E-state index is 0.0582. The highest BCUT2D eigenvalue weighted by Gasteiger charge is 2.15. The number of hydrogen-bond acceptors (Lipinski definition) is 4. The van der Waals surface area contributed by atoms with Crippen molar-refractivity contribution in [3.8, 4) is 17.2 Å². The number of fused-ring (bicyclic) bond motifs is 1. The molecule has 1 aliphatic heterocycles. The molecule has 2 aromatic carbocycles. The normalized spacial score (nSPS) is 13.8. The average molecular weight is 331 g/mol. The van der Waals surface area contributed by atoms with Crippen LogP contribution in [-0.4, -0.2) is 24.1 Å². The molecule has 1 N–H and O–H groups in total. The van der Waals surface area contributed by atoms with E-state index in [0.29, 0.717) is 35.3 Å². The molecule has 0 fully saturated rings. The molecule has 118 valence electrons. The van der Waals surface area contributed by atoms with Crippen molar-refractivity contribution in [1.29, 1.82) is 0 Å². The van der Waals surface area contributed by atoms with E-state index in [2.05, 4.69) is 0 Å². The lowest BCUT2D eigenvalue weighted by atomic mass is 10.1. The molecule has 2 aromatic rings. The molecule has 0 saturated carbocycles. The molecule has 23 heavy (non-hydrogen) atoms. The molecule has 0 radical (unpaired) electrons. The van der Waals surface area contributed by atoms with Crippen molar-refractivity contribution in [2.75, 3.05) is 13.2 Å². The molecule has 0 bridgehead atoms. The van der Waals surface area contributed by atoms with Gasteiger partial charge in [-0.05, 0) is 35.9 Å². The first-order chi connectivity index (χ1) is 11.1. The highest BCUT2D eigenvalue weighted by molar-refractivity contribution is 6.32. The molecule has 0 spiro atoms. The van der Waals surface area contributed by atoms with Crippen LogP contribution in [0.3, 0.4) is 0 Å². The number of rotatable bonds is 3. The second-order valence-electron chi connectivity index (χ2n) is 5.13. The smallest absolute Gasteiger partial charge is 0.185 e. The number of hydrogen-bond donors (Lipinski definition) is 1. The van der Waals surface area contributed by atoms with Gasteiger partial charge in [0.05, 0.1) is 18.2 Å². The minimum atomic E-state index is -0.205. The Morgan fingerprint density at radius 1 is 1.17 bits per heavy atom. The SMILES string of the molecule is O=C(/C=C/c1cc(Cl)c2c(c1)OCCCO2)c1cccc(O)c1. The number of ether oxygens (including phenoxy) is 2. The van der Waals surface area contributed by atoms with E-state index in [1.165, 1.54) is 18.2 Å². The fourth-order valence-corrected chi connectivity index (χ4v) is 2.55. The lowest BCUT2D eigenvalue weighted by molar-refractivity contribution is 0.104. The molecule has 0 aliphatic carbocycles. The van der Waals surface area contributed by atoms with Crippen LogP contribution in [0.5, 0.6) is 17.2 Å². The molecule has 0 atom stereocenters. The number of phenols is 1. The summed E-state index contributed by atoms with van der Waals surface area (Å²) in [5.74, 6) is 0.979. The number of allylic oxidation sites excluding steroid dienone is 1. The molecule has 1 aliphatic rings. The van der Waals surface area contributed by atoms with Crippen LogP contribution in [0.4, 0.5) is 0 Å². The van der Waals surface area contributed by atoms with Crippen molar-refractivity contribution in [3.05, 3.63) is 58.6 Å². The molecule has 5 heteroatoms. The summed E-state index contributed by atoms with van der Waals surface area (Å²) in [5.41, 5.74) is 1.16. The summed E-state index contributed by atoms with van der Waals surface area (Å²) in [4.78, 5) is 12.1. The Balaban J connectivity index is 1.84. The quantitative estimate of drug-likeness (QED) is 0.680. The minimum Gasteiger partial charge on any atom is -0.508 e. The lowest BCUT2D eigenvalue weighted by Crippen LogP contribution is -1.97. The highest BCUT2D eigenvalue weighted by atomic mass is 35.5. The maximum Gasteiger partial charge on any atom is 0.185 e. The molecule has 0 unspecified atom stereocenters. The van der Waals surface area contributed by atoms with E-state index in [0.717, 1.165) is 12.0 Å². The topological polar surface area (TPSA) is 55.8 Å². The van der Waals surface area contributed by atoms with Crippen LogP contribution in [0.15, 0.2) is 42.5 Å². The zero-order valence-corrected chi connectivity index (χ0v) is 13.0. The first kappa shape index (κ1) is 15.4. The van der Waals surface area contributed by atoms with Gasteiger partial charge in [-0.3, -0.25) is 4.79 Å². The zero-order valence-electron chi connectivity index (χ0n) is 12.3. The van der Waals surface area contributed by atoms with Gasteiger partial charge in [-0.2, -0.15) is 0 Å². The third kappa shape index (κ3) is 3.66. The van der Waals surface area contributed by atoms with Gasteiger partial charge in [-0.1, -0.05) is 29.8 Å².